The Labute approximate surface area is 242 Å². The first kappa shape index (κ1) is 30.8. The molecule has 2 heterocycles. The minimum absolute atomic E-state index is 0.0175. The van der Waals surface area contributed by atoms with E-state index in [9.17, 15) is 24.3 Å². The number of hydrogen-bond donors (Lipinski definition) is 3. The quantitative estimate of drug-likeness (QED) is 0.408. The lowest BCUT2D eigenvalue weighted by Gasteiger charge is -2.39. The van der Waals surface area contributed by atoms with Crippen LogP contribution in [0.3, 0.4) is 0 Å². The van der Waals surface area contributed by atoms with Crippen LogP contribution in [-0.2, 0) is 23.9 Å². The molecule has 3 N–H and O–H groups in total. The molecule has 0 bridgehead atoms. The van der Waals surface area contributed by atoms with Crippen molar-refractivity contribution in [2.75, 3.05) is 6.54 Å². The zero-order valence-electron chi connectivity index (χ0n) is 25.1. The van der Waals surface area contributed by atoms with E-state index in [1.807, 2.05) is 0 Å². The van der Waals surface area contributed by atoms with Crippen LogP contribution in [0.2, 0.25) is 0 Å². The minimum atomic E-state index is -0.862. The van der Waals surface area contributed by atoms with E-state index < -0.39 is 36.3 Å². The molecule has 2 saturated heterocycles. The summed E-state index contributed by atoms with van der Waals surface area (Å²) >= 11 is 0. The number of nitrogens with zero attached hydrogens (tertiary/aromatic N) is 1. The molecule has 3 fully saturated rings. The Hall–Kier alpha value is -3.14. The number of amides is 3. The number of cyclic esters (lactones) is 1. The number of phenols is 1. The van der Waals surface area contributed by atoms with Crippen LogP contribution >= 0.6 is 0 Å². The summed E-state index contributed by atoms with van der Waals surface area (Å²) in [5, 5.41) is 15.7. The number of rotatable bonds is 8. The number of carbonyl (C=O) groups is 4. The molecule has 3 aliphatic rings. The summed E-state index contributed by atoms with van der Waals surface area (Å²) in [4.78, 5) is 53.4. The molecule has 4 rings (SSSR count). The third-order valence-electron chi connectivity index (χ3n) is 8.87. The van der Waals surface area contributed by atoms with Gasteiger partial charge in [0, 0.05) is 12.1 Å². The third-order valence-corrected chi connectivity index (χ3v) is 8.87. The maximum absolute atomic E-state index is 13.4. The van der Waals surface area contributed by atoms with Gasteiger partial charge in [-0.1, -0.05) is 27.2 Å². The number of benzene rings is 1. The van der Waals surface area contributed by atoms with Crippen LogP contribution in [-0.4, -0.2) is 70.8 Å². The Balaban J connectivity index is 1.38. The molecule has 7 atom stereocenters. The van der Waals surface area contributed by atoms with E-state index in [1.165, 1.54) is 4.90 Å². The van der Waals surface area contributed by atoms with Crippen molar-refractivity contribution in [3.05, 3.63) is 28.8 Å². The molecule has 1 aliphatic carbocycles. The summed E-state index contributed by atoms with van der Waals surface area (Å²) in [5.41, 5.74) is 1.48. The van der Waals surface area contributed by atoms with Crippen LogP contribution in [0.1, 0.15) is 87.7 Å². The van der Waals surface area contributed by atoms with Gasteiger partial charge in [0.05, 0.1) is 12.5 Å². The number of phenolic OH excluding ortho intramolecular Hbond substituents is 1. The van der Waals surface area contributed by atoms with Crippen LogP contribution in [0.25, 0.3) is 0 Å². The summed E-state index contributed by atoms with van der Waals surface area (Å²) in [5.74, 6) is -0.124. The van der Waals surface area contributed by atoms with Crippen LogP contribution in [0.4, 0.5) is 0 Å². The number of carbonyl (C=O) groups excluding carboxylic acids is 4. The highest BCUT2D eigenvalue weighted by molar-refractivity contribution is 5.99. The van der Waals surface area contributed by atoms with Gasteiger partial charge in [-0.25, -0.2) is 0 Å². The number of hydrogen-bond acceptors (Lipinski definition) is 7. The fourth-order valence-corrected chi connectivity index (χ4v) is 6.48. The Morgan fingerprint density at radius 1 is 1.10 bits per heavy atom. The Morgan fingerprint density at radius 2 is 1.78 bits per heavy atom. The van der Waals surface area contributed by atoms with E-state index >= 15 is 0 Å². The molecular formula is C31H45N3O7. The second kappa shape index (κ2) is 12.8. The average molecular weight is 572 g/mol. The second-order valence-corrected chi connectivity index (χ2v) is 12.5. The van der Waals surface area contributed by atoms with Crippen molar-refractivity contribution >= 4 is 23.7 Å². The summed E-state index contributed by atoms with van der Waals surface area (Å²) in [7, 11) is 0. The van der Waals surface area contributed by atoms with Crippen LogP contribution in [0.5, 0.6) is 5.75 Å². The summed E-state index contributed by atoms with van der Waals surface area (Å²) in [6.07, 6.45) is 3.33. The van der Waals surface area contributed by atoms with E-state index in [0.717, 1.165) is 19.3 Å². The van der Waals surface area contributed by atoms with Crippen molar-refractivity contribution in [1.29, 1.82) is 0 Å². The van der Waals surface area contributed by atoms with Gasteiger partial charge in [0.2, 0.25) is 18.1 Å². The predicted molar refractivity (Wildman–Crippen MR) is 152 cm³/mol. The number of ether oxygens (including phenoxy) is 2. The number of likely N-dealkylation sites (tertiary alicyclic amines) is 1. The van der Waals surface area contributed by atoms with Crippen LogP contribution < -0.4 is 10.6 Å². The van der Waals surface area contributed by atoms with Crippen molar-refractivity contribution in [2.24, 2.45) is 17.8 Å². The molecule has 1 aromatic rings. The highest BCUT2D eigenvalue weighted by Crippen LogP contribution is 2.37. The minimum Gasteiger partial charge on any atom is -0.507 e. The second-order valence-electron chi connectivity index (χ2n) is 12.5. The summed E-state index contributed by atoms with van der Waals surface area (Å²) in [6.45, 7) is 12.0. The third kappa shape index (κ3) is 7.02. The normalized spacial score (nSPS) is 28.9. The van der Waals surface area contributed by atoms with Gasteiger partial charge in [-0.05, 0) is 87.5 Å². The maximum Gasteiger partial charge on any atom is 0.310 e. The molecular weight excluding hydrogens is 526 g/mol. The van der Waals surface area contributed by atoms with Gasteiger partial charge in [-0.3, -0.25) is 19.2 Å². The molecule has 2 aliphatic heterocycles. The smallest absolute Gasteiger partial charge is 0.310 e. The lowest BCUT2D eigenvalue weighted by molar-refractivity contribution is -0.191. The van der Waals surface area contributed by atoms with Gasteiger partial charge in [0.1, 0.15) is 23.9 Å². The highest BCUT2D eigenvalue weighted by Gasteiger charge is 2.44. The standard InChI is InChI=1S/C31H45N3O7/c1-16(2)22-10-9-17(3)12-25(22)40-31-23(15-26(35)41-31)33-29(38)24-8-7-11-34(24)30(39)20(6)32-28(37)21-13-18(4)27(36)19(5)14-21/h13-14,16-17,20,22-25,31,36H,7-12,15H2,1-6H3,(H,32,37)(H,33,38)/t17-,20+,22+,23?,24+,25-,31?/m1/s1. The largest absolute Gasteiger partial charge is 0.507 e. The molecule has 0 aromatic heterocycles. The van der Waals surface area contributed by atoms with Crippen LogP contribution in [0, 0.1) is 31.6 Å². The first-order chi connectivity index (χ1) is 19.3. The lowest BCUT2D eigenvalue weighted by Crippen LogP contribution is -2.55. The maximum atomic E-state index is 13.4. The van der Waals surface area contributed by atoms with Crippen molar-refractivity contribution < 1.29 is 33.8 Å². The van der Waals surface area contributed by atoms with Crippen molar-refractivity contribution in [3.63, 3.8) is 0 Å². The average Bonchev–Trinajstić information content (AvgIpc) is 3.52. The first-order valence-corrected chi connectivity index (χ1v) is 14.9. The topological polar surface area (TPSA) is 134 Å². The van der Waals surface area contributed by atoms with E-state index in [4.69, 9.17) is 9.47 Å². The Bertz CT molecular complexity index is 1150. The number of nitrogens with one attached hydrogen (secondary N) is 2. The molecule has 1 aromatic carbocycles. The zero-order chi connectivity index (χ0) is 30.0. The molecule has 10 nitrogen and oxygen atoms in total. The van der Waals surface area contributed by atoms with Crippen LogP contribution in [0.15, 0.2) is 12.1 Å². The van der Waals surface area contributed by atoms with E-state index in [2.05, 4.69) is 31.4 Å². The van der Waals surface area contributed by atoms with Gasteiger partial charge in [-0.15, -0.1) is 0 Å². The first-order valence-electron chi connectivity index (χ1n) is 14.9. The van der Waals surface area contributed by atoms with E-state index in [-0.39, 0.29) is 30.1 Å². The van der Waals surface area contributed by atoms with Crippen molar-refractivity contribution in [2.45, 2.75) is 111 Å². The molecule has 0 spiro atoms. The Kier molecular flexibility index (Phi) is 9.62. The van der Waals surface area contributed by atoms with Crippen molar-refractivity contribution in [3.8, 4) is 5.75 Å². The lowest BCUT2D eigenvalue weighted by atomic mass is 9.75. The zero-order valence-corrected chi connectivity index (χ0v) is 25.1. The molecule has 226 valence electrons. The monoisotopic (exact) mass is 571 g/mol. The number of esters is 1. The fraction of sp³-hybridized carbons (Fsp3) is 0.677. The number of aromatic hydroxyl groups is 1. The molecule has 0 radical (unpaired) electrons. The van der Waals surface area contributed by atoms with Gasteiger partial charge in [-0.2, -0.15) is 0 Å². The van der Waals surface area contributed by atoms with Crippen molar-refractivity contribution in [1.82, 2.24) is 15.5 Å². The summed E-state index contributed by atoms with van der Waals surface area (Å²) < 4.78 is 11.9. The molecule has 1 saturated carbocycles. The van der Waals surface area contributed by atoms with E-state index in [0.29, 0.717) is 53.8 Å². The molecule has 3 amide bonds. The SMILES string of the molecule is Cc1cc(C(=O)N[C@@H](C)C(=O)N2CCC[C@H]2C(=O)NC2CC(=O)OC2O[C@@H]2C[C@H](C)CC[C@H]2C(C)C)cc(C)c1O. The molecule has 2 unspecified atom stereocenters. The predicted octanol–water partition coefficient (Wildman–Crippen LogP) is 3.35. The summed E-state index contributed by atoms with van der Waals surface area (Å²) in [6, 6.07) is 0.938. The Morgan fingerprint density at radius 3 is 2.44 bits per heavy atom. The van der Waals surface area contributed by atoms with E-state index in [1.54, 1.807) is 32.9 Å². The van der Waals surface area contributed by atoms with Gasteiger partial charge < -0.3 is 30.1 Å². The highest BCUT2D eigenvalue weighted by atomic mass is 16.7. The molecule has 41 heavy (non-hydrogen) atoms. The number of aryl methyl sites for hydroxylation is 2. The van der Waals surface area contributed by atoms with Gasteiger partial charge in [0.25, 0.3) is 5.91 Å². The van der Waals surface area contributed by atoms with Gasteiger partial charge >= 0.3 is 5.97 Å². The van der Waals surface area contributed by atoms with Gasteiger partial charge in [0.15, 0.2) is 0 Å². The fourth-order valence-electron chi connectivity index (χ4n) is 6.48. The molecule has 10 heteroatoms.